The molecule has 1 atom stereocenters. The highest BCUT2D eigenvalue weighted by Crippen LogP contribution is 2.24. The van der Waals surface area contributed by atoms with Gasteiger partial charge in [-0.15, -0.1) is 0 Å². The van der Waals surface area contributed by atoms with E-state index in [9.17, 15) is 0 Å². The number of benzene rings is 1. The highest BCUT2D eigenvalue weighted by atomic mass is 14.5. The van der Waals surface area contributed by atoms with E-state index < -0.39 is 0 Å². The Morgan fingerprint density at radius 1 is 1.12 bits per heavy atom. The number of allylic oxidation sites excluding steroid dienone is 2. The van der Waals surface area contributed by atoms with Crippen molar-refractivity contribution in [2.75, 3.05) is 0 Å². The summed E-state index contributed by atoms with van der Waals surface area (Å²) in [5.74, 6) is 0.969. The van der Waals surface area contributed by atoms with Gasteiger partial charge >= 0.3 is 0 Å². The van der Waals surface area contributed by atoms with Crippen LogP contribution < -0.4 is 5.73 Å². The molecule has 0 aliphatic rings. The zero-order valence-corrected chi connectivity index (χ0v) is 11.0. The normalized spacial score (nSPS) is 14.2. The number of nitrogens with two attached hydrogens (primary N) is 1. The lowest BCUT2D eigenvalue weighted by Gasteiger charge is -2.13. The van der Waals surface area contributed by atoms with Gasteiger partial charge in [0.1, 0.15) is 0 Å². The SMILES string of the molecule is C/C(N)=C/C(C)c1cc(C)cc(C(C)C)c1. The zero-order valence-electron chi connectivity index (χ0n) is 11.0. The molecule has 0 saturated heterocycles. The van der Waals surface area contributed by atoms with Crippen LogP contribution in [0.2, 0.25) is 0 Å². The lowest BCUT2D eigenvalue weighted by Crippen LogP contribution is -1.99. The van der Waals surface area contributed by atoms with Crippen LogP contribution in [0.25, 0.3) is 0 Å². The van der Waals surface area contributed by atoms with Gasteiger partial charge in [-0.2, -0.15) is 0 Å². The standard InChI is InChI=1S/C15H23N/c1-10(2)14-6-11(3)7-15(9-14)12(4)8-13(5)16/h6-10,12H,16H2,1-5H3/b13-8-. The summed E-state index contributed by atoms with van der Waals surface area (Å²) >= 11 is 0. The molecule has 1 nitrogen and oxygen atoms in total. The Bertz CT molecular complexity index is 384. The Hall–Kier alpha value is -1.24. The number of hydrogen-bond donors (Lipinski definition) is 1. The van der Waals surface area contributed by atoms with E-state index in [1.54, 1.807) is 0 Å². The molecule has 1 aromatic rings. The molecule has 1 rings (SSSR count). The van der Waals surface area contributed by atoms with Gasteiger partial charge in [0.2, 0.25) is 0 Å². The Kier molecular flexibility index (Phi) is 4.17. The van der Waals surface area contributed by atoms with Crippen LogP contribution in [0.3, 0.4) is 0 Å². The molecule has 0 aliphatic carbocycles. The highest BCUT2D eigenvalue weighted by molar-refractivity contribution is 5.35. The van der Waals surface area contributed by atoms with E-state index >= 15 is 0 Å². The van der Waals surface area contributed by atoms with Crippen LogP contribution in [-0.4, -0.2) is 0 Å². The summed E-state index contributed by atoms with van der Waals surface area (Å²) in [6.07, 6.45) is 2.11. The second-order valence-corrected chi connectivity index (χ2v) is 5.03. The first-order valence-electron chi connectivity index (χ1n) is 5.95. The van der Waals surface area contributed by atoms with E-state index in [0.717, 1.165) is 5.70 Å². The van der Waals surface area contributed by atoms with E-state index in [1.807, 2.05) is 6.92 Å². The summed E-state index contributed by atoms with van der Waals surface area (Å²) in [5, 5.41) is 0. The fourth-order valence-corrected chi connectivity index (χ4v) is 1.93. The fraction of sp³-hybridized carbons (Fsp3) is 0.467. The first-order valence-corrected chi connectivity index (χ1v) is 5.95. The molecule has 0 bridgehead atoms. The lowest BCUT2D eigenvalue weighted by atomic mass is 9.92. The maximum Gasteiger partial charge on any atom is 0.00144 e. The van der Waals surface area contributed by atoms with Crippen molar-refractivity contribution in [3.8, 4) is 0 Å². The van der Waals surface area contributed by atoms with Crippen LogP contribution in [0, 0.1) is 6.92 Å². The first-order chi connectivity index (χ1) is 7.40. The number of aryl methyl sites for hydroxylation is 1. The van der Waals surface area contributed by atoms with E-state index in [4.69, 9.17) is 5.73 Å². The van der Waals surface area contributed by atoms with Gasteiger partial charge in [-0.25, -0.2) is 0 Å². The quantitative estimate of drug-likeness (QED) is 0.811. The van der Waals surface area contributed by atoms with Gasteiger partial charge in [0.25, 0.3) is 0 Å². The van der Waals surface area contributed by atoms with Crippen LogP contribution in [0.1, 0.15) is 56.2 Å². The van der Waals surface area contributed by atoms with E-state index in [-0.39, 0.29) is 0 Å². The summed E-state index contributed by atoms with van der Waals surface area (Å²) in [6, 6.07) is 6.80. The number of hydrogen-bond acceptors (Lipinski definition) is 1. The highest BCUT2D eigenvalue weighted by Gasteiger charge is 2.07. The maximum atomic E-state index is 5.73. The Balaban J connectivity index is 3.09. The molecule has 0 amide bonds. The van der Waals surface area contributed by atoms with Gasteiger partial charge in [0.15, 0.2) is 0 Å². The second kappa shape index (κ2) is 5.20. The topological polar surface area (TPSA) is 26.0 Å². The third kappa shape index (κ3) is 3.41. The third-order valence-corrected chi connectivity index (χ3v) is 2.83. The van der Waals surface area contributed by atoms with Crippen LogP contribution >= 0.6 is 0 Å². The first kappa shape index (κ1) is 12.8. The van der Waals surface area contributed by atoms with E-state index in [1.165, 1.54) is 16.7 Å². The van der Waals surface area contributed by atoms with Crippen molar-refractivity contribution >= 4 is 0 Å². The van der Waals surface area contributed by atoms with Crippen LogP contribution in [-0.2, 0) is 0 Å². The molecule has 0 spiro atoms. The van der Waals surface area contributed by atoms with E-state index in [2.05, 4.69) is 52.0 Å². The minimum Gasteiger partial charge on any atom is -0.403 e. The predicted octanol–water partition coefficient (Wildman–Crippen LogP) is 4.08. The average molecular weight is 217 g/mol. The van der Waals surface area contributed by atoms with Crippen molar-refractivity contribution in [1.29, 1.82) is 0 Å². The molecule has 2 N–H and O–H groups in total. The molecular formula is C15H23N. The molecule has 1 aromatic carbocycles. The summed E-state index contributed by atoms with van der Waals surface area (Å²) in [6.45, 7) is 10.7. The average Bonchev–Trinajstić information content (AvgIpc) is 2.15. The van der Waals surface area contributed by atoms with Crippen molar-refractivity contribution in [2.24, 2.45) is 5.73 Å². The minimum atomic E-state index is 0.391. The Labute approximate surface area is 99.4 Å². The molecule has 1 heteroatoms. The van der Waals surface area contributed by atoms with Gasteiger partial charge < -0.3 is 5.73 Å². The van der Waals surface area contributed by atoms with Gasteiger partial charge in [0, 0.05) is 11.6 Å². The summed E-state index contributed by atoms with van der Waals surface area (Å²) in [4.78, 5) is 0. The van der Waals surface area contributed by atoms with Crippen molar-refractivity contribution in [1.82, 2.24) is 0 Å². The molecule has 88 valence electrons. The molecule has 1 unspecified atom stereocenters. The smallest absolute Gasteiger partial charge is 0.00144 e. The van der Waals surface area contributed by atoms with Crippen LogP contribution in [0.15, 0.2) is 30.0 Å². The summed E-state index contributed by atoms with van der Waals surface area (Å²) in [5.41, 5.74) is 10.7. The molecule has 0 radical (unpaired) electrons. The van der Waals surface area contributed by atoms with Gasteiger partial charge in [-0.1, -0.05) is 50.6 Å². The van der Waals surface area contributed by atoms with Gasteiger partial charge in [-0.3, -0.25) is 0 Å². The van der Waals surface area contributed by atoms with Crippen molar-refractivity contribution < 1.29 is 0 Å². The molecular weight excluding hydrogens is 194 g/mol. The largest absolute Gasteiger partial charge is 0.403 e. The number of rotatable bonds is 3. The Morgan fingerprint density at radius 3 is 2.19 bits per heavy atom. The van der Waals surface area contributed by atoms with Gasteiger partial charge in [0.05, 0.1) is 0 Å². The van der Waals surface area contributed by atoms with Crippen molar-refractivity contribution in [3.05, 3.63) is 46.7 Å². The Morgan fingerprint density at radius 2 is 1.69 bits per heavy atom. The van der Waals surface area contributed by atoms with Gasteiger partial charge in [-0.05, 0) is 30.9 Å². The van der Waals surface area contributed by atoms with Crippen molar-refractivity contribution in [3.63, 3.8) is 0 Å². The monoisotopic (exact) mass is 217 g/mol. The minimum absolute atomic E-state index is 0.391. The molecule has 0 heterocycles. The zero-order chi connectivity index (χ0) is 12.3. The lowest BCUT2D eigenvalue weighted by molar-refractivity contribution is 0.852. The molecule has 0 aliphatic heterocycles. The molecule has 0 aromatic heterocycles. The fourth-order valence-electron chi connectivity index (χ4n) is 1.93. The maximum absolute atomic E-state index is 5.73. The molecule has 0 saturated carbocycles. The van der Waals surface area contributed by atoms with E-state index in [0.29, 0.717) is 11.8 Å². The molecule has 16 heavy (non-hydrogen) atoms. The second-order valence-electron chi connectivity index (χ2n) is 5.03. The summed E-state index contributed by atoms with van der Waals surface area (Å²) in [7, 11) is 0. The van der Waals surface area contributed by atoms with Crippen LogP contribution in [0.5, 0.6) is 0 Å². The molecule has 0 fully saturated rings. The predicted molar refractivity (Wildman–Crippen MR) is 71.6 cm³/mol. The third-order valence-electron chi connectivity index (χ3n) is 2.83. The van der Waals surface area contributed by atoms with Crippen molar-refractivity contribution in [2.45, 2.75) is 46.5 Å². The van der Waals surface area contributed by atoms with Crippen LogP contribution in [0.4, 0.5) is 0 Å². The summed E-state index contributed by atoms with van der Waals surface area (Å²) < 4.78 is 0.